The van der Waals surface area contributed by atoms with Gasteiger partial charge in [-0.05, 0) is 28.1 Å². The molecule has 1 aromatic carbocycles. The number of ether oxygens (including phenoxy) is 1. The number of benzene rings is 1. The molecule has 0 bridgehead atoms. The summed E-state index contributed by atoms with van der Waals surface area (Å²) in [6.07, 6.45) is -2.83. The smallest absolute Gasteiger partial charge is 0.241 e. The molecule has 0 saturated heterocycles. The van der Waals surface area contributed by atoms with Crippen LogP contribution in [0.4, 0.5) is 13.2 Å². The molecular weight excluding hydrogens is 261 g/mol. The number of halogens is 4. The van der Waals surface area contributed by atoms with Crippen LogP contribution in [0.2, 0.25) is 0 Å². The summed E-state index contributed by atoms with van der Waals surface area (Å²) in [6.45, 7) is -0.197. The van der Waals surface area contributed by atoms with Crippen molar-refractivity contribution in [2.24, 2.45) is 0 Å². The molecule has 0 aliphatic heterocycles. The van der Waals surface area contributed by atoms with E-state index in [1.54, 1.807) is 6.07 Å². The van der Waals surface area contributed by atoms with Gasteiger partial charge in [-0.25, -0.2) is 13.2 Å². The van der Waals surface area contributed by atoms with E-state index < -0.39 is 18.7 Å². The monoisotopic (exact) mass is 268 g/mol. The summed E-state index contributed by atoms with van der Waals surface area (Å²) in [7, 11) is 0. The molecule has 0 amide bonds. The van der Waals surface area contributed by atoms with Crippen molar-refractivity contribution in [3.8, 4) is 5.75 Å². The lowest BCUT2D eigenvalue weighted by atomic mass is 10.3. The first kappa shape index (κ1) is 11.4. The van der Waals surface area contributed by atoms with E-state index in [0.29, 0.717) is 4.47 Å². The number of rotatable bonds is 4. The second-order valence-electron chi connectivity index (χ2n) is 2.58. The fourth-order valence-electron chi connectivity index (χ4n) is 0.870. The Labute approximate surface area is 88.0 Å². The minimum atomic E-state index is -2.43. The van der Waals surface area contributed by atoms with Crippen LogP contribution in [-0.4, -0.2) is 13.0 Å². The Hall–Kier alpha value is -0.710. The zero-order valence-corrected chi connectivity index (χ0v) is 8.73. The lowest BCUT2D eigenvalue weighted by Gasteiger charge is -2.08. The average molecular weight is 269 g/mol. The van der Waals surface area contributed by atoms with Crippen molar-refractivity contribution < 1.29 is 17.9 Å². The fourth-order valence-corrected chi connectivity index (χ4v) is 1.33. The Morgan fingerprint density at radius 2 is 2.07 bits per heavy atom. The molecule has 0 atom stereocenters. The van der Waals surface area contributed by atoms with Gasteiger partial charge in [-0.3, -0.25) is 0 Å². The maximum Gasteiger partial charge on any atom is 0.241 e. The summed E-state index contributed by atoms with van der Waals surface area (Å²) in [5.41, 5.74) is 0. The van der Waals surface area contributed by atoms with E-state index in [1.807, 2.05) is 0 Å². The SMILES string of the molecule is Fc1cccc(Br)c1OCCC(F)F. The molecule has 0 unspecified atom stereocenters. The fraction of sp³-hybridized carbons (Fsp3) is 0.333. The summed E-state index contributed by atoms with van der Waals surface area (Å²) in [5, 5.41) is 0. The highest BCUT2D eigenvalue weighted by atomic mass is 79.9. The second-order valence-corrected chi connectivity index (χ2v) is 3.43. The van der Waals surface area contributed by atoms with Crippen LogP contribution in [-0.2, 0) is 0 Å². The molecule has 1 rings (SSSR count). The van der Waals surface area contributed by atoms with Crippen molar-refractivity contribution in [2.75, 3.05) is 6.61 Å². The van der Waals surface area contributed by atoms with Crippen LogP contribution in [0.25, 0.3) is 0 Å². The van der Waals surface area contributed by atoms with E-state index in [9.17, 15) is 13.2 Å². The largest absolute Gasteiger partial charge is 0.489 e. The molecule has 0 fully saturated rings. The van der Waals surface area contributed by atoms with Crippen molar-refractivity contribution in [3.63, 3.8) is 0 Å². The first-order chi connectivity index (χ1) is 6.61. The quantitative estimate of drug-likeness (QED) is 0.811. The van der Waals surface area contributed by atoms with E-state index in [4.69, 9.17) is 4.74 Å². The Balaban J connectivity index is 2.58. The predicted molar refractivity (Wildman–Crippen MR) is 50.2 cm³/mol. The van der Waals surface area contributed by atoms with Crippen molar-refractivity contribution in [2.45, 2.75) is 12.8 Å². The van der Waals surface area contributed by atoms with Gasteiger partial charge in [0.15, 0.2) is 11.6 Å². The highest BCUT2D eigenvalue weighted by Gasteiger charge is 2.09. The molecule has 14 heavy (non-hydrogen) atoms. The van der Waals surface area contributed by atoms with Crippen molar-refractivity contribution in [3.05, 3.63) is 28.5 Å². The highest BCUT2D eigenvalue weighted by molar-refractivity contribution is 9.10. The summed E-state index contributed by atoms with van der Waals surface area (Å²) >= 11 is 3.06. The minimum Gasteiger partial charge on any atom is -0.489 e. The lowest BCUT2D eigenvalue weighted by Crippen LogP contribution is -2.04. The molecule has 0 radical (unpaired) electrons. The van der Waals surface area contributed by atoms with Crippen LogP contribution in [0.3, 0.4) is 0 Å². The van der Waals surface area contributed by atoms with E-state index in [0.717, 1.165) is 0 Å². The molecule has 5 heteroatoms. The van der Waals surface area contributed by atoms with Gasteiger partial charge in [0.1, 0.15) is 0 Å². The zero-order chi connectivity index (χ0) is 10.6. The van der Waals surface area contributed by atoms with Gasteiger partial charge in [0, 0.05) is 6.42 Å². The normalized spacial score (nSPS) is 10.6. The third kappa shape index (κ3) is 3.21. The van der Waals surface area contributed by atoms with Gasteiger partial charge >= 0.3 is 0 Å². The topological polar surface area (TPSA) is 9.23 Å². The van der Waals surface area contributed by atoms with Gasteiger partial charge in [0.05, 0.1) is 11.1 Å². The predicted octanol–water partition coefficient (Wildman–Crippen LogP) is 3.62. The third-order valence-corrected chi connectivity index (χ3v) is 2.13. The van der Waals surface area contributed by atoms with Gasteiger partial charge in [-0.2, -0.15) is 0 Å². The Morgan fingerprint density at radius 1 is 1.36 bits per heavy atom. The van der Waals surface area contributed by atoms with E-state index >= 15 is 0 Å². The molecule has 0 heterocycles. The molecule has 0 saturated carbocycles. The molecule has 1 aromatic rings. The molecule has 0 N–H and O–H groups in total. The van der Waals surface area contributed by atoms with Crippen molar-refractivity contribution >= 4 is 15.9 Å². The molecule has 0 aromatic heterocycles. The molecule has 0 aliphatic carbocycles. The zero-order valence-electron chi connectivity index (χ0n) is 7.14. The lowest BCUT2D eigenvalue weighted by molar-refractivity contribution is 0.113. The molecule has 0 spiro atoms. The Bertz CT molecular complexity index is 284. The molecule has 0 aliphatic rings. The van der Waals surface area contributed by atoms with Gasteiger partial charge in [0.25, 0.3) is 0 Å². The maximum absolute atomic E-state index is 13.0. The van der Waals surface area contributed by atoms with Crippen LogP contribution in [0.15, 0.2) is 22.7 Å². The van der Waals surface area contributed by atoms with Crippen LogP contribution in [0.1, 0.15) is 6.42 Å². The Morgan fingerprint density at radius 3 is 2.64 bits per heavy atom. The summed E-state index contributed by atoms with van der Waals surface area (Å²) in [6, 6.07) is 4.29. The number of hydrogen-bond donors (Lipinski definition) is 0. The van der Waals surface area contributed by atoms with Gasteiger partial charge in [-0.15, -0.1) is 0 Å². The van der Waals surface area contributed by atoms with E-state index in [2.05, 4.69) is 15.9 Å². The molecular formula is C9H8BrF3O. The van der Waals surface area contributed by atoms with Gasteiger partial charge in [-0.1, -0.05) is 6.07 Å². The summed E-state index contributed by atoms with van der Waals surface area (Å²) in [5.74, 6) is -0.582. The number of para-hydroxylation sites is 1. The maximum atomic E-state index is 13.0. The van der Waals surface area contributed by atoms with Crippen LogP contribution >= 0.6 is 15.9 Å². The third-order valence-electron chi connectivity index (χ3n) is 1.50. The molecule has 78 valence electrons. The van der Waals surface area contributed by atoms with E-state index in [-0.39, 0.29) is 12.4 Å². The minimum absolute atomic E-state index is 0.0202. The second kappa shape index (κ2) is 5.24. The van der Waals surface area contributed by atoms with Gasteiger partial charge in [0.2, 0.25) is 6.43 Å². The average Bonchev–Trinajstić information content (AvgIpc) is 2.09. The van der Waals surface area contributed by atoms with Crippen molar-refractivity contribution in [1.82, 2.24) is 0 Å². The van der Waals surface area contributed by atoms with Crippen LogP contribution < -0.4 is 4.74 Å². The molecule has 1 nitrogen and oxygen atoms in total. The van der Waals surface area contributed by atoms with Crippen LogP contribution in [0.5, 0.6) is 5.75 Å². The Kier molecular flexibility index (Phi) is 4.25. The summed E-state index contributed by atoms with van der Waals surface area (Å²) < 4.78 is 41.8. The van der Waals surface area contributed by atoms with Gasteiger partial charge < -0.3 is 4.74 Å². The number of alkyl halides is 2. The number of hydrogen-bond acceptors (Lipinski definition) is 1. The first-order valence-corrected chi connectivity index (χ1v) is 4.75. The highest BCUT2D eigenvalue weighted by Crippen LogP contribution is 2.27. The first-order valence-electron chi connectivity index (χ1n) is 3.96. The summed E-state index contributed by atoms with van der Waals surface area (Å²) in [4.78, 5) is 0. The standard InChI is InChI=1S/C9H8BrF3O/c10-6-2-1-3-7(11)9(6)14-5-4-8(12)13/h1-3,8H,4-5H2. The van der Waals surface area contributed by atoms with E-state index in [1.165, 1.54) is 12.1 Å². The van der Waals surface area contributed by atoms with Crippen LogP contribution in [0, 0.1) is 5.82 Å². The van der Waals surface area contributed by atoms with Crippen molar-refractivity contribution in [1.29, 1.82) is 0 Å².